The van der Waals surface area contributed by atoms with E-state index < -0.39 is 11.6 Å². The van der Waals surface area contributed by atoms with Crippen LogP contribution in [0.5, 0.6) is 0 Å². The molecule has 1 aromatic rings. The lowest BCUT2D eigenvalue weighted by Crippen LogP contribution is -2.06. The molecule has 0 unspecified atom stereocenters. The molecule has 0 aliphatic heterocycles. The summed E-state index contributed by atoms with van der Waals surface area (Å²) in [5.41, 5.74) is 1.25. The number of benzene rings is 1. The number of rotatable bonds is 4. The quantitative estimate of drug-likeness (QED) is 0.305. The number of halogens is 3. The van der Waals surface area contributed by atoms with E-state index in [-0.39, 0.29) is 15.6 Å². The molecule has 1 aromatic carbocycles. The van der Waals surface area contributed by atoms with Gasteiger partial charge in [0.1, 0.15) is 0 Å². The van der Waals surface area contributed by atoms with Gasteiger partial charge in [-0.15, -0.1) is 0 Å². The highest BCUT2D eigenvalue weighted by atomic mass is 35.5. The minimum Gasteiger partial charge on any atom is -0.288 e. The summed E-state index contributed by atoms with van der Waals surface area (Å²) in [6.07, 6.45) is 4.19. The van der Waals surface area contributed by atoms with Crippen molar-refractivity contribution < 1.29 is 9.18 Å². The molecule has 1 rings (SSSR count). The summed E-state index contributed by atoms with van der Waals surface area (Å²) in [5.74, 6) is -1.23. The summed E-state index contributed by atoms with van der Waals surface area (Å²) < 4.78 is 13.9. The van der Waals surface area contributed by atoms with Crippen molar-refractivity contribution >= 4 is 29.0 Å². The van der Waals surface area contributed by atoms with Crippen LogP contribution in [0.4, 0.5) is 4.39 Å². The molecule has 102 valence electrons. The highest BCUT2D eigenvalue weighted by Gasteiger charge is 2.20. The van der Waals surface area contributed by atoms with E-state index in [1.165, 1.54) is 12.1 Å². The fraction of sp³-hybridized carbons (Fsp3) is 0.267. The molecule has 0 saturated heterocycles. The van der Waals surface area contributed by atoms with Crippen molar-refractivity contribution in [3.63, 3.8) is 0 Å². The number of carbonyl (C=O) groups excluding carboxylic acids is 1. The Balaban J connectivity index is 3.31. The van der Waals surface area contributed by atoms with Gasteiger partial charge in [0.05, 0.1) is 15.6 Å². The van der Waals surface area contributed by atoms with Crippen LogP contribution in [0, 0.1) is 5.82 Å². The summed E-state index contributed by atoms with van der Waals surface area (Å²) in [7, 11) is 0. The predicted octanol–water partition coefficient (Wildman–Crippen LogP) is 5.62. The SMILES string of the molecule is C/C=C(\C=C(\C)CC)C(=O)c1c(Cl)ccc(Cl)c1F. The average Bonchev–Trinajstić information content (AvgIpc) is 2.40. The Morgan fingerprint density at radius 3 is 2.42 bits per heavy atom. The molecular weight excluding hydrogens is 286 g/mol. The van der Waals surface area contributed by atoms with Crippen molar-refractivity contribution in [2.45, 2.75) is 27.2 Å². The molecule has 1 nitrogen and oxygen atoms in total. The van der Waals surface area contributed by atoms with Crippen LogP contribution in [-0.2, 0) is 0 Å². The van der Waals surface area contributed by atoms with Gasteiger partial charge in [-0.3, -0.25) is 4.79 Å². The standard InChI is InChI=1S/C15H15Cl2FO/c1-4-9(3)8-10(5-2)15(19)13-11(16)6-7-12(17)14(13)18/h5-8H,4H2,1-3H3/b9-8-,10-5+. The van der Waals surface area contributed by atoms with Crippen LogP contribution < -0.4 is 0 Å². The second-order valence-electron chi connectivity index (χ2n) is 4.14. The van der Waals surface area contributed by atoms with Gasteiger partial charge in [0.15, 0.2) is 11.6 Å². The van der Waals surface area contributed by atoms with Crippen LogP contribution in [0.25, 0.3) is 0 Å². The zero-order chi connectivity index (χ0) is 14.6. The van der Waals surface area contributed by atoms with Crippen LogP contribution in [0.15, 0.2) is 35.4 Å². The maximum absolute atomic E-state index is 13.9. The highest BCUT2D eigenvalue weighted by Crippen LogP contribution is 2.28. The molecule has 0 amide bonds. The van der Waals surface area contributed by atoms with E-state index in [0.29, 0.717) is 5.57 Å². The number of carbonyl (C=O) groups is 1. The normalized spacial score (nSPS) is 12.7. The summed E-state index contributed by atoms with van der Waals surface area (Å²) in [6.45, 7) is 5.62. The van der Waals surface area contributed by atoms with Gasteiger partial charge >= 0.3 is 0 Å². The Labute approximate surface area is 122 Å². The van der Waals surface area contributed by atoms with E-state index in [2.05, 4.69) is 0 Å². The summed E-state index contributed by atoms with van der Waals surface area (Å²) >= 11 is 11.6. The molecule has 0 atom stereocenters. The Bertz CT molecular complexity index is 560. The number of allylic oxidation sites excluding steroid dienone is 4. The van der Waals surface area contributed by atoms with E-state index in [9.17, 15) is 9.18 Å². The molecule has 0 saturated carbocycles. The number of hydrogen-bond donors (Lipinski definition) is 0. The highest BCUT2D eigenvalue weighted by molar-refractivity contribution is 6.37. The second-order valence-corrected chi connectivity index (χ2v) is 4.95. The maximum atomic E-state index is 13.9. The third-order valence-corrected chi connectivity index (χ3v) is 3.41. The minimum atomic E-state index is -0.777. The zero-order valence-corrected chi connectivity index (χ0v) is 12.6. The molecular formula is C15H15Cl2FO. The Kier molecular flexibility index (Phi) is 5.77. The molecule has 0 radical (unpaired) electrons. The third kappa shape index (κ3) is 3.68. The van der Waals surface area contributed by atoms with Gasteiger partial charge in [-0.1, -0.05) is 47.9 Å². The van der Waals surface area contributed by atoms with Crippen LogP contribution in [0.1, 0.15) is 37.6 Å². The largest absolute Gasteiger partial charge is 0.288 e. The van der Waals surface area contributed by atoms with Gasteiger partial charge in [0, 0.05) is 5.57 Å². The summed E-state index contributed by atoms with van der Waals surface area (Å²) in [5, 5.41) is -0.0480. The topological polar surface area (TPSA) is 17.1 Å². The summed E-state index contributed by atoms with van der Waals surface area (Å²) in [6, 6.07) is 2.75. The van der Waals surface area contributed by atoms with E-state index >= 15 is 0 Å². The van der Waals surface area contributed by atoms with Gasteiger partial charge in [0.25, 0.3) is 0 Å². The molecule has 0 aliphatic carbocycles. The van der Waals surface area contributed by atoms with Crippen LogP contribution in [0.2, 0.25) is 10.0 Å². The van der Waals surface area contributed by atoms with Gasteiger partial charge in [0.2, 0.25) is 0 Å². The number of Topliss-reactive ketones (excluding diaryl/α,β-unsaturated/α-hetero) is 1. The molecule has 0 N–H and O–H groups in total. The predicted molar refractivity (Wildman–Crippen MR) is 78.6 cm³/mol. The lowest BCUT2D eigenvalue weighted by Gasteiger charge is -2.08. The molecule has 0 bridgehead atoms. The molecule has 0 spiro atoms. The number of hydrogen-bond acceptors (Lipinski definition) is 1. The Morgan fingerprint density at radius 2 is 1.89 bits per heavy atom. The lowest BCUT2D eigenvalue weighted by molar-refractivity contribution is 0.103. The fourth-order valence-corrected chi connectivity index (χ4v) is 1.92. The van der Waals surface area contributed by atoms with E-state index in [0.717, 1.165) is 12.0 Å². The number of ketones is 1. The lowest BCUT2D eigenvalue weighted by atomic mass is 10.00. The monoisotopic (exact) mass is 300 g/mol. The van der Waals surface area contributed by atoms with Gasteiger partial charge < -0.3 is 0 Å². The van der Waals surface area contributed by atoms with Gasteiger partial charge in [-0.25, -0.2) is 4.39 Å². The molecule has 4 heteroatoms. The van der Waals surface area contributed by atoms with Crippen LogP contribution in [-0.4, -0.2) is 5.78 Å². The zero-order valence-electron chi connectivity index (χ0n) is 11.1. The molecule has 0 heterocycles. The van der Waals surface area contributed by atoms with Gasteiger partial charge in [-0.2, -0.15) is 0 Å². The Morgan fingerprint density at radius 1 is 1.32 bits per heavy atom. The maximum Gasteiger partial charge on any atom is 0.197 e. The smallest absolute Gasteiger partial charge is 0.197 e. The van der Waals surface area contributed by atoms with E-state index in [4.69, 9.17) is 23.2 Å². The first-order valence-electron chi connectivity index (χ1n) is 5.94. The first-order valence-corrected chi connectivity index (χ1v) is 6.69. The minimum absolute atomic E-state index is 0.0637. The van der Waals surface area contributed by atoms with Crippen LogP contribution >= 0.6 is 23.2 Å². The van der Waals surface area contributed by atoms with Gasteiger partial charge in [-0.05, 0) is 32.4 Å². The molecule has 19 heavy (non-hydrogen) atoms. The third-order valence-electron chi connectivity index (χ3n) is 2.80. The van der Waals surface area contributed by atoms with Crippen LogP contribution in [0.3, 0.4) is 0 Å². The van der Waals surface area contributed by atoms with Crippen molar-refractivity contribution in [1.29, 1.82) is 0 Å². The first kappa shape index (κ1) is 15.9. The summed E-state index contributed by atoms with van der Waals surface area (Å²) in [4.78, 5) is 12.3. The average molecular weight is 301 g/mol. The van der Waals surface area contributed by atoms with Crippen molar-refractivity contribution in [1.82, 2.24) is 0 Å². The van der Waals surface area contributed by atoms with Crippen molar-refractivity contribution in [3.05, 3.63) is 56.9 Å². The van der Waals surface area contributed by atoms with Crippen molar-refractivity contribution in [3.8, 4) is 0 Å². The molecule has 0 aliphatic rings. The van der Waals surface area contributed by atoms with Crippen molar-refractivity contribution in [2.24, 2.45) is 0 Å². The second kappa shape index (κ2) is 6.88. The molecule has 0 aromatic heterocycles. The Hall–Kier alpha value is -1.12. The first-order chi connectivity index (χ1) is 8.92. The molecule has 0 fully saturated rings. The van der Waals surface area contributed by atoms with E-state index in [1.54, 1.807) is 19.1 Å². The van der Waals surface area contributed by atoms with E-state index in [1.807, 2.05) is 13.8 Å². The fourth-order valence-electron chi connectivity index (χ4n) is 1.53. The van der Waals surface area contributed by atoms with Crippen molar-refractivity contribution in [2.75, 3.05) is 0 Å².